The van der Waals surface area contributed by atoms with Crippen LogP contribution in [0, 0.1) is 0 Å². The summed E-state index contributed by atoms with van der Waals surface area (Å²) in [6.07, 6.45) is 1.55. The van der Waals surface area contributed by atoms with Crippen molar-refractivity contribution in [3.05, 3.63) is 53.7 Å². The molecule has 0 aliphatic heterocycles. The number of anilines is 2. The lowest BCUT2D eigenvalue weighted by Crippen LogP contribution is -2.15. The van der Waals surface area contributed by atoms with Crippen molar-refractivity contribution >= 4 is 17.4 Å². The first kappa shape index (κ1) is 13.0. The number of carbonyl (C=O) groups is 1. The number of nitrogens with zero attached hydrogens (tertiary/aromatic N) is 1. The molecule has 0 unspecified atom stereocenters. The monoisotopic (exact) mass is 257 g/mol. The third-order valence-corrected chi connectivity index (χ3v) is 2.65. The summed E-state index contributed by atoms with van der Waals surface area (Å²) in [5, 5.41) is 2.81. The van der Waals surface area contributed by atoms with E-state index in [1.54, 1.807) is 25.4 Å². The Morgan fingerprint density at radius 3 is 2.84 bits per heavy atom. The molecular weight excluding hydrogens is 242 g/mol. The summed E-state index contributed by atoms with van der Waals surface area (Å²) >= 11 is 0. The van der Waals surface area contributed by atoms with Gasteiger partial charge in [0.2, 0.25) is 0 Å². The fourth-order valence-electron chi connectivity index (χ4n) is 1.72. The molecule has 1 aromatic carbocycles. The molecule has 2 rings (SSSR count). The molecule has 1 heterocycles. The Morgan fingerprint density at radius 1 is 1.32 bits per heavy atom. The van der Waals surface area contributed by atoms with Crippen molar-refractivity contribution in [1.82, 2.24) is 4.98 Å². The summed E-state index contributed by atoms with van der Waals surface area (Å²) < 4.78 is 5.09. The topological polar surface area (TPSA) is 77.2 Å². The molecule has 0 fully saturated rings. The van der Waals surface area contributed by atoms with Gasteiger partial charge >= 0.3 is 0 Å². The second kappa shape index (κ2) is 5.97. The molecule has 0 aliphatic rings. The highest BCUT2D eigenvalue weighted by atomic mass is 16.5. The van der Waals surface area contributed by atoms with Gasteiger partial charge in [0, 0.05) is 24.6 Å². The fourth-order valence-corrected chi connectivity index (χ4v) is 1.72. The Labute approximate surface area is 111 Å². The minimum Gasteiger partial charge on any atom is -0.383 e. The SMILES string of the molecule is COCc1ccccc1NC(=O)c1cccnc1N. The summed E-state index contributed by atoms with van der Waals surface area (Å²) in [6, 6.07) is 10.8. The third-order valence-electron chi connectivity index (χ3n) is 2.65. The Hall–Kier alpha value is -2.40. The molecule has 1 aromatic heterocycles. The molecule has 98 valence electrons. The zero-order chi connectivity index (χ0) is 13.7. The molecule has 3 N–H and O–H groups in total. The normalized spacial score (nSPS) is 10.2. The molecule has 1 amide bonds. The smallest absolute Gasteiger partial charge is 0.259 e. The number of aromatic nitrogens is 1. The van der Waals surface area contributed by atoms with Crippen LogP contribution in [0.3, 0.4) is 0 Å². The van der Waals surface area contributed by atoms with Crippen molar-refractivity contribution in [3.63, 3.8) is 0 Å². The van der Waals surface area contributed by atoms with Gasteiger partial charge in [-0.25, -0.2) is 4.98 Å². The highest BCUT2D eigenvalue weighted by Crippen LogP contribution is 2.18. The molecule has 0 aliphatic carbocycles. The number of methoxy groups -OCH3 is 1. The number of hydrogen-bond acceptors (Lipinski definition) is 4. The van der Waals surface area contributed by atoms with Crippen LogP contribution >= 0.6 is 0 Å². The molecule has 19 heavy (non-hydrogen) atoms. The lowest BCUT2D eigenvalue weighted by molar-refractivity contribution is 0.102. The van der Waals surface area contributed by atoms with Crippen molar-refractivity contribution in [2.75, 3.05) is 18.2 Å². The minimum atomic E-state index is -0.283. The molecule has 0 radical (unpaired) electrons. The van der Waals surface area contributed by atoms with E-state index in [0.29, 0.717) is 17.9 Å². The van der Waals surface area contributed by atoms with Gasteiger partial charge in [-0.05, 0) is 18.2 Å². The number of benzene rings is 1. The largest absolute Gasteiger partial charge is 0.383 e. The average molecular weight is 257 g/mol. The summed E-state index contributed by atoms with van der Waals surface area (Å²) in [6.45, 7) is 0.430. The molecular formula is C14H15N3O2. The lowest BCUT2D eigenvalue weighted by Gasteiger charge is -2.11. The van der Waals surface area contributed by atoms with Gasteiger partial charge in [0.05, 0.1) is 12.2 Å². The first-order valence-electron chi connectivity index (χ1n) is 5.81. The fraction of sp³-hybridized carbons (Fsp3) is 0.143. The molecule has 0 saturated carbocycles. The van der Waals surface area contributed by atoms with Gasteiger partial charge in [-0.15, -0.1) is 0 Å². The maximum absolute atomic E-state index is 12.1. The van der Waals surface area contributed by atoms with Gasteiger partial charge in [-0.3, -0.25) is 4.79 Å². The van der Waals surface area contributed by atoms with Crippen LogP contribution in [-0.4, -0.2) is 18.0 Å². The van der Waals surface area contributed by atoms with Gasteiger partial charge in [-0.1, -0.05) is 18.2 Å². The van der Waals surface area contributed by atoms with Gasteiger partial charge in [-0.2, -0.15) is 0 Å². The van der Waals surface area contributed by atoms with Crippen molar-refractivity contribution in [3.8, 4) is 0 Å². The van der Waals surface area contributed by atoms with Crippen LogP contribution in [0.5, 0.6) is 0 Å². The molecule has 0 saturated heterocycles. The molecule has 0 atom stereocenters. The van der Waals surface area contributed by atoms with Crippen LogP contribution in [0.25, 0.3) is 0 Å². The molecule has 2 aromatic rings. The number of amides is 1. The number of carbonyl (C=O) groups excluding carboxylic acids is 1. The van der Waals surface area contributed by atoms with Crippen LogP contribution < -0.4 is 11.1 Å². The van der Waals surface area contributed by atoms with E-state index in [-0.39, 0.29) is 11.7 Å². The Balaban J connectivity index is 2.22. The summed E-state index contributed by atoms with van der Waals surface area (Å²) in [4.78, 5) is 16.0. The summed E-state index contributed by atoms with van der Waals surface area (Å²) in [5.41, 5.74) is 7.64. The molecule has 0 bridgehead atoms. The Morgan fingerprint density at radius 2 is 2.11 bits per heavy atom. The van der Waals surface area contributed by atoms with E-state index in [1.165, 1.54) is 0 Å². The van der Waals surface area contributed by atoms with E-state index in [2.05, 4.69) is 10.3 Å². The first-order chi connectivity index (χ1) is 9.22. The maximum atomic E-state index is 12.1. The summed E-state index contributed by atoms with van der Waals surface area (Å²) in [5.74, 6) is -0.0709. The standard InChI is InChI=1S/C14H15N3O2/c1-19-9-10-5-2-3-7-12(10)17-14(18)11-6-4-8-16-13(11)15/h2-8H,9H2,1H3,(H2,15,16)(H,17,18). The van der Waals surface area contributed by atoms with E-state index in [1.807, 2.05) is 24.3 Å². The number of hydrogen-bond donors (Lipinski definition) is 2. The molecule has 0 spiro atoms. The summed E-state index contributed by atoms with van der Waals surface area (Å²) in [7, 11) is 1.61. The number of nitrogens with two attached hydrogens (primary N) is 1. The van der Waals surface area contributed by atoms with E-state index >= 15 is 0 Å². The highest BCUT2D eigenvalue weighted by molar-refractivity contribution is 6.07. The minimum absolute atomic E-state index is 0.212. The maximum Gasteiger partial charge on any atom is 0.259 e. The van der Waals surface area contributed by atoms with Crippen LogP contribution in [0.4, 0.5) is 11.5 Å². The number of pyridine rings is 1. The number of nitrogen functional groups attached to an aromatic ring is 1. The first-order valence-corrected chi connectivity index (χ1v) is 5.81. The van der Waals surface area contributed by atoms with Gasteiger partial charge in [0.15, 0.2) is 0 Å². The van der Waals surface area contributed by atoms with Gasteiger partial charge < -0.3 is 15.8 Å². The number of ether oxygens (including phenoxy) is 1. The third kappa shape index (κ3) is 3.08. The average Bonchev–Trinajstić information content (AvgIpc) is 2.41. The molecule has 5 nitrogen and oxygen atoms in total. The van der Waals surface area contributed by atoms with E-state index < -0.39 is 0 Å². The lowest BCUT2D eigenvalue weighted by atomic mass is 10.1. The molecule has 5 heteroatoms. The van der Waals surface area contributed by atoms with Crippen LogP contribution in [0.15, 0.2) is 42.6 Å². The van der Waals surface area contributed by atoms with Gasteiger partial charge in [0.1, 0.15) is 5.82 Å². The predicted octanol–water partition coefficient (Wildman–Crippen LogP) is 2.06. The Kier molecular flexibility index (Phi) is 4.10. The van der Waals surface area contributed by atoms with Crippen molar-refractivity contribution in [2.45, 2.75) is 6.61 Å². The van der Waals surface area contributed by atoms with Crippen LogP contribution in [0.1, 0.15) is 15.9 Å². The zero-order valence-corrected chi connectivity index (χ0v) is 10.6. The van der Waals surface area contributed by atoms with Crippen molar-refractivity contribution < 1.29 is 9.53 Å². The quantitative estimate of drug-likeness (QED) is 0.879. The number of rotatable bonds is 4. The van der Waals surface area contributed by atoms with Crippen molar-refractivity contribution in [1.29, 1.82) is 0 Å². The van der Waals surface area contributed by atoms with Gasteiger partial charge in [0.25, 0.3) is 5.91 Å². The number of para-hydroxylation sites is 1. The highest BCUT2D eigenvalue weighted by Gasteiger charge is 2.11. The van der Waals surface area contributed by atoms with Crippen LogP contribution in [-0.2, 0) is 11.3 Å². The predicted molar refractivity (Wildman–Crippen MR) is 73.8 cm³/mol. The van der Waals surface area contributed by atoms with Crippen LogP contribution in [0.2, 0.25) is 0 Å². The van der Waals surface area contributed by atoms with E-state index in [9.17, 15) is 4.79 Å². The Bertz CT molecular complexity index is 584. The second-order valence-corrected chi connectivity index (χ2v) is 3.98. The van der Waals surface area contributed by atoms with Crippen molar-refractivity contribution in [2.24, 2.45) is 0 Å². The zero-order valence-electron chi connectivity index (χ0n) is 10.6. The second-order valence-electron chi connectivity index (χ2n) is 3.98. The number of nitrogens with one attached hydrogen (secondary N) is 1. The van der Waals surface area contributed by atoms with E-state index in [4.69, 9.17) is 10.5 Å². The van der Waals surface area contributed by atoms with E-state index in [0.717, 1.165) is 5.56 Å².